The van der Waals surface area contributed by atoms with Crippen LogP contribution in [-0.2, 0) is 0 Å². The zero-order valence-corrected chi connectivity index (χ0v) is 7.82. The molecule has 0 aliphatic carbocycles. The minimum Gasteiger partial charge on any atom is -0.411 e. The maximum Gasteiger partial charge on any atom is 0.285 e. The number of hydrogen-bond acceptors (Lipinski definition) is 4. The molecule has 13 heavy (non-hydrogen) atoms. The van der Waals surface area contributed by atoms with Crippen LogP contribution < -0.4 is 0 Å². The van der Waals surface area contributed by atoms with E-state index < -0.39 is 5.82 Å². The van der Waals surface area contributed by atoms with Gasteiger partial charge in [0.25, 0.3) is 10.7 Å². The van der Waals surface area contributed by atoms with Gasteiger partial charge >= 0.3 is 0 Å². The molecule has 2 rings (SSSR count). The van der Waals surface area contributed by atoms with Crippen molar-refractivity contribution in [1.82, 2.24) is 15.2 Å². The van der Waals surface area contributed by atoms with Crippen LogP contribution in [0.5, 0.6) is 0 Å². The average Bonchev–Trinajstić information content (AvgIpc) is 2.53. The van der Waals surface area contributed by atoms with Crippen molar-refractivity contribution in [1.29, 1.82) is 0 Å². The summed E-state index contributed by atoms with van der Waals surface area (Å²) >= 11 is 2.98. The Morgan fingerprint density at radius 1 is 1.38 bits per heavy atom. The summed E-state index contributed by atoms with van der Waals surface area (Å²) in [5, 5.41) is 7.16. The lowest BCUT2D eigenvalue weighted by Gasteiger charge is -1.93. The standard InChI is InChI=1S/C7H3BrFN3O/c8-7-12-11-6(13-7)4-1-2-10-3-5(4)9/h1-3H. The van der Waals surface area contributed by atoms with E-state index in [2.05, 4.69) is 31.1 Å². The zero-order valence-electron chi connectivity index (χ0n) is 6.24. The smallest absolute Gasteiger partial charge is 0.285 e. The molecular weight excluding hydrogens is 241 g/mol. The van der Waals surface area contributed by atoms with Crippen LogP contribution in [0.25, 0.3) is 11.5 Å². The minimum absolute atomic E-state index is 0.131. The van der Waals surface area contributed by atoms with Crippen LogP contribution in [-0.4, -0.2) is 15.2 Å². The summed E-state index contributed by atoms with van der Waals surface area (Å²) in [5.41, 5.74) is 0.244. The van der Waals surface area contributed by atoms with Crippen molar-refractivity contribution in [2.45, 2.75) is 0 Å². The van der Waals surface area contributed by atoms with Gasteiger partial charge in [-0.25, -0.2) is 4.39 Å². The number of aromatic nitrogens is 3. The van der Waals surface area contributed by atoms with Crippen LogP contribution >= 0.6 is 15.9 Å². The SMILES string of the molecule is Fc1cnccc1-c1nnc(Br)o1. The van der Waals surface area contributed by atoms with Gasteiger partial charge in [-0.15, -0.1) is 10.2 Å². The van der Waals surface area contributed by atoms with E-state index in [4.69, 9.17) is 4.42 Å². The molecule has 0 saturated carbocycles. The van der Waals surface area contributed by atoms with Crippen molar-refractivity contribution in [2.75, 3.05) is 0 Å². The fourth-order valence-electron chi connectivity index (χ4n) is 0.863. The molecular formula is C7H3BrFN3O. The van der Waals surface area contributed by atoms with E-state index >= 15 is 0 Å². The second-order valence-electron chi connectivity index (χ2n) is 2.22. The van der Waals surface area contributed by atoms with E-state index in [1.807, 2.05) is 0 Å². The van der Waals surface area contributed by atoms with Gasteiger partial charge in [0.2, 0.25) is 0 Å². The molecule has 66 valence electrons. The molecule has 0 aliphatic heterocycles. The molecule has 0 saturated heterocycles. The minimum atomic E-state index is -0.487. The summed E-state index contributed by atoms with van der Waals surface area (Å²) in [6.45, 7) is 0. The fraction of sp³-hybridized carbons (Fsp3) is 0. The third-order valence-corrected chi connectivity index (χ3v) is 1.72. The molecule has 6 heteroatoms. The second kappa shape index (κ2) is 3.21. The van der Waals surface area contributed by atoms with Gasteiger partial charge in [0.1, 0.15) is 0 Å². The predicted octanol–water partition coefficient (Wildman–Crippen LogP) is 2.03. The Morgan fingerprint density at radius 2 is 2.23 bits per heavy atom. The van der Waals surface area contributed by atoms with Crippen molar-refractivity contribution >= 4 is 15.9 Å². The summed E-state index contributed by atoms with van der Waals surface area (Å²) < 4.78 is 18.1. The highest BCUT2D eigenvalue weighted by Gasteiger charge is 2.10. The zero-order chi connectivity index (χ0) is 9.26. The average molecular weight is 244 g/mol. The van der Waals surface area contributed by atoms with Gasteiger partial charge in [-0.3, -0.25) is 4.98 Å². The Kier molecular flexibility index (Phi) is 2.05. The van der Waals surface area contributed by atoms with E-state index in [0.29, 0.717) is 0 Å². The number of halogens is 2. The molecule has 0 radical (unpaired) electrons. The van der Waals surface area contributed by atoms with Crippen LogP contribution in [0.1, 0.15) is 0 Å². The Bertz CT molecular complexity index is 431. The summed E-state index contributed by atoms with van der Waals surface area (Å²) in [5.74, 6) is -0.356. The van der Waals surface area contributed by atoms with E-state index in [0.717, 1.165) is 6.20 Å². The van der Waals surface area contributed by atoms with Crippen molar-refractivity contribution in [3.05, 3.63) is 29.1 Å². The Labute approximate surface area is 80.9 Å². The van der Waals surface area contributed by atoms with Gasteiger partial charge in [0.05, 0.1) is 11.8 Å². The van der Waals surface area contributed by atoms with Crippen molar-refractivity contribution in [3.63, 3.8) is 0 Å². The molecule has 2 heterocycles. The van der Waals surface area contributed by atoms with Gasteiger partial charge in [-0.05, 0) is 6.07 Å². The lowest BCUT2D eigenvalue weighted by atomic mass is 10.2. The lowest BCUT2D eigenvalue weighted by Crippen LogP contribution is -1.85. The van der Waals surface area contributed by atoms with Crippen LogP contribution in [0.4, 0.5) is 4.39 Å². The maximum absolute atomic E-state index is 13.1. The van der Waals surface area contributed by atoms with Crippen LogP contribution in [0, 0.1) is 5.82 Å². The predicted molar refractivity (Wildman–Crippen MR) is 45.2 cm³/mol. The number of rotatable bonds is 1. The van der Waals surface area contributed by atoms with Gasteiger partial charge in [-0.1, -0.05) is 0 Å². The van der Waals surface area contributed by atoms with E-state index in [-0.39, 0.29) is 16.3 Å². The highest BCUT2D eigenvalue weighted by Crippen LogP contribution is 2.21. The third kappa shape index (κ3) is 1.57. The highest BCUT2D eigenvalue weighted by atomic mass is 79.9. The topological polar surface area (TPSA) is 51.8 Å². The molecule has 0 fully saturated rings. The summed E-state index contributed by atoms with van der Waals surface area (Å²) in [7, 11) is 0. The quantitative estimate of drug-likeness (QED) is 0.770. The molecule has 0 bridgehead atoms. The summed E-state index contributed by atoms with van der Waals surface area (Å²) in [6.07, 6.45) is 2.55. The molecule has 0 N–H and O–H groups in total. The van der Waals surface area contributed by atoms with Crippen molar-refractivity contribution in [2.24, 2.45) is 0 Å². The normalized spacial score (nSPS) is 10.3. The molecule has 0 unspecified atom stereocenters. The maximum atomic E-state index is 13.1. The van der Waals surface area contributed by atoms with Crippen molar-refractivity contribution < 1.29 is 8.81 Å². The first kappa shape index (κ1) is 8.31. The summed E-state index contributed by atoms with van der Waals surface area (Å²) in [4.78, 5) is 3.82. The van der Waals surface area contributed by atoms with Crippen molar-refractivity contribution in [3.8, 4) is 11.5 Å². The first-order chi connectivity index (χ1) is 6.27. The van der Waals surface area contributed by atoms with Crippen LogP contribution in [0.3, 0.4) is 0 Å². The molecule has 4 nitrogen and oxygen atoms in total. The first-order valence-electron chi connectivity index (χ1n) is 3.36. The number of pyridine rings is 1. The first-order valence-corrected chi connectivity index (χ1v) is 4.15. The molecule has 0 spiro atoms. The molecule has 2 aromatic rings. The Morgan fingerprint density at radius 3 is 2.85 bits per heavy atom. The van der Waals surface area contributed by atoms with Crippen LogP contribution in [0.15, 0.2) is 27.7 Å². The van der Waals surface area contributed by atoms with E-state index in [9.17, 15) is 4.39 Å². The molecule has 0 aromatic carbocycles. The van der Waals surface area contributed by atoms with Gasteiger partial charge < -0.3 is 4.42 Å². The number of hydrogen-bond donors (Lipinski definition) is 0. The van der Waals surface area contributed by atoms with E-state index in [1.54, 1.807) is 0 Å². The fourth-order valence-corrected chi connectivity index (χ4v) is 1.10. The number of nitrogens with zero attached hydrogens (tertiary/aromatic N) is 3. The largest absolute Gasteiger partial charge is 0.411 e. The molecule has 2 aromatic heterocycles. The Balaban J connectivity index is 2.52. The lowest BCUT2D eigenvalue weighted by molar-refractivity contribution is 0.532. The van der Waals surface area contributed by atoms with E-state index in [1.165, 1.54) is 12.3 Å². The summed E-state index contributed by atoms with van der Waals surface area (Å²) in [6, 6.07) is 1.47. The van der Waals surface area contributed by atoms with Gasteiger partial charge in [0.15, 0.2) is 5.82 Å². The molecule has 0 amide bonds. The van der Waals surface area contributed by atoms with Crippen LogP contribution in [0.2, 0.25) is 0 Å². The molecule has 0 aliphatic rings. The monoisotopic (exact) mass is 243 g/mol. The highest BCUT2D eigenvalue weighted by molar-refractivity contribution is 9.10. The Hall–Kier alpha value is -1.30. The second-order valence-corrected chi connectivity index (χ2v) is 2.89. The van der Waals surface area contributed by atoms with Gasteiger partial charge in [-0.2, -0.15) is 0 Å². The molecule has 0 atom stereocenters. The third-order valence-electron chi connectivity index (χ3n) is 1.40. The van der Waals surface area contributed by atoms with Gasteiger partial charge in [0, 0.05) is 22.1 Å².